The van der Waals surface area contributed by atoms with Crippen molar-refractivity contribution in [1.82, 2.24) is 10.6 Å². The molecule has 13 heteroatoms. The van der Waals surface area contributed by atoms with Gasteiger partial charge in [0.1, 0.15) is 31.0 Å². The Bertz CT molecular complexity index is 1430. The second kappa shape index (κ2) is 18.9. The van der Waals surface area contributed by atoms with Gasteiger partial charge < -0.3 is 45.2 Å². The maximum absolute atomic E-state index is 13.1. The van der Waals surface area contributed by atoms with Gasteiger partial charge in [-0.05, 0) is 60.9 Å². The van der Waals surface area contributed by atoms with E-state index >= 15 is 0 Å². The number of nitrogens with two attached hydrogens (primary N) is 1. The summed E-state index contributed by atoms with van der Waals surface area (Å²) in [5.74, 6) is -2.20. The molecule has 3 aromatic rings. The average Bonchev–Trinajstić information content (AvgIpc) is 3.08. The Morgan fingerprint density at radius 2 is 1.51 bits per heavy atom. The summed E-state index contributed by atoms with van der Waals surface area (Å²) in [7, 11) is 2.88. The number of hydrogen-bond donors (Lipinski definition) is 4. The quantitative estimate of drug-likeness (QED) is 0.110. The van der Waals surface area contributed by atoms with Gasteiger partial charge in [0.25, 0.3) is 5.91 Å². The second-order valence-corrected chi connectivity index (χ2v) is 10.5. The smallest absolute Gasteiger partial charge is 0.330 e. The molecule has 3 aromatic carbocycles. The van der Waals surface area contributed by atoms with Crippen LogP contribution >= 0.6 is 0 Å². The fourth-order valence-corrected chi connectivity index (χ4v) is 4.57. The molecule has 13 nitrogen and oxygen atoms in total. The van der Waals surface area contributed by atoms with E-state index in [-0.39, 0.29) is 31.7 Å². The molecule has 0 aliphatic heterocycles. The van der Waals surface area contributed by atoms with E-state index in [1.165, 1.54) is 33.3 Å². The number of carbonyl (C=O) groups excluding carboxylic acids is 3. The summed E-state index contributed by atoms with van der Waals surface area (Å²) >= 11 is 0. The topological polar surface area (TPSA) is 185 Å². The van der Waals surface area contributed by atoms with Crippen LogP contribution < -0.4 is 25.8 Å². The first kappa shape index (κ1) is 36.5. The Hall–Kier alpha value is -4.98. The largest absolute Gasteiger partial charge is 0.497 e. The third kappa shape index (κ3) is 12.0. The lowest BCUT2D eigenvalue weighted by Gasteiger charge is -2.29. The molecule has 0 aromatic heterocycles. The normalized spacial score (nSPS) is 13.4. The maximum Gasteiger partial charge on any atom is 0.330 e. The highest BCUT2D eigenvalue weighted by Gasteiger charge is 2.33. The van der Waals surface area contributed by atoms with Gasteiger partial charge in [-0.2, -0.15) is 0 Å². The Balaban J connectivity index is 1.68. The molecule has 252 valence electrons. The molecule has 47 heavy (non-hydrogen) atoms. The van der Waals surface area contributed by atoms with Crippen LogP contribution in [0.3, 0.4) is 0 Å². The molecular weight excluding hydrogens is 610 g/mol. The predicted molar refractivity (Wildman–Crippen MR) is 171 cm³/mol. The van der Waals surface area contributed by atoms with Gasteiger partial charge in [0.15, 0.2) is 6.04 Å². The lowest BCUT2D eigenvalue weighted by molar-refractivity contribution is -0.160. The summed E-state index contributed by atoms with van der Waals surface area (Å²) in [6.45, 7) is 1.25. The number of carboxylic acids is 1. The van der Waals surface area contributed by atoms with E-state index in [0.717, 1.165) is 11.1 Å². The maximum atomic E-state index is 13.1. The van der Waals surface area contributed by atoms with Crippen LogP contribution in [0.5, 0.6) is 11.5 Å². The van der Waals surface area contributed by atoms with Crippen LogP contribution in [0.15, 0.2) is 78.9 Å². The zero-order chi connectivity index (χ0) is 34.2. The van der Waals surface area contributed by atoms with Crippen molar-refractivity contribution in [3.8, 4) is 11.5 Å². The number of hydrogen-bond acceptors (Lipinski definition) is 10. The molecule has 0 saturated carbocycles. The van der Waals surface area contributed by atoms with Crippen molar-refractivity contribution >= 4 is 23.8 Å². The summed E-state index contributed by atoms with van der Waals surface area (Å²) in [6, 6.07) is 20.8. The Labute approximate surface area is 273 Å². The number of ether oxygens (including phenoxy) is 5. The Morgan fingerprint density at radius 1 is 0.851 bits per heavy atom. The fraction of sp³-hybridized carbons (Fsp3) is 0.353. The fourth-order valence-electron chi connectivity index (χ4n) is 4.57. The van der Waals surface area contributed by atoms with Crippen molar-refractivity contribution in [2.45, 2.75) is 50.7 Å². The molecule has 5 N–H and O–H groups in total. The van der Waals surface area contributed by atoms with Crippen LogP contribution in [0.25, 0.3) is 0 Å². The van der Waals surface area contributed by atoms with Crippen molar-refractivity contribution in [1.29, 1.82) is 0 Å². The van der Waals surface area contributed by atoms with E-state index in [0.29, 0.717) is 18.1 Å². The summed E-state index contributed by atoms with van der Waals surface area (Å²) in [4.78, 5) is 50.2. The van der Waals surface area contributed by atoms with Crippen LogP contribution in [-0.2, 0) is 41.6 Å². The highest BCUT2D eigenvalue weighted by Crippen LogP contribution is 2.19. The van der Waals surface area contributed by atoms with Crippen molar-refractivity contribution in [2.75, 3.05) is 27.6 Å². The van der Waals surface area contributed by atoms with Crippen molar-refractivity contribution < 1.29 is 48.0 Å². The molecular formula is C34H41N3O10. The number of nitrogens with one attached hydrogen (secondary N) is 2. The van der Waals surface area contributed by atoms with Gasteiger partial charge in [0.05, 0.1) is 32.2 Å². The first-order valence-electron chi connectivity index (χ1n) is 14.9. The van der Waals surface area contributed by atoms with Gasteiger partial charge >= 0.3 is 11.9 Å². The number of benzene rings is 3. The van der Waals surface area contributed by atoms with Crippen LogP contribution in [0.4, 0.5) is 0 Å². The number of rotatable bonds is 19. The number of carbonyl (C=O) groups is 4. The standard InChI is InChI=1S/C34H41N3O10/c1-22(32(34(41)42)37-33(40)25-11-15-26(44-3)16-12-25)47-31(39)18-29(46-21-43-2)28(36-30(38)19-35)17-23-9-13-27(14-10-23)45-20-24-7-5-4-6-8-24/h4-16,22,28-29,32H,17-21,35H2,1-3H3,(H,36,38)(H,37,40)(H,41,42)/t22-,28+,29+,32+/m1/s1. The molecule has 0 unspecified atom stereocenters. The minimum Gasteiger partial charge on any atom is -0.497 e. The molecule has 0 fully saturated rings. The zero-order valence-corrected chi connectivity index (χ0v) is 26.5. The first-order chi connectivity index (χ1) is 22.6. The van der Waals surface area contributed by atoms with E-state index in [9.17, 15) is 24.3 Å². The van der Waals surface area contributed by atoms with E-state index < -0.39 is 48.0 Å². The summed E-state index contributed by atoms with van der Waals surface area (Å²) in [6.07, 6.45) is -2.33. The van der Waals surface area contributed by atoms with Crippen molar-refractivity contribution in [3.63, 3.8) is 0 Å². The Morgan fingerprint density at radius 3 is 2.11 bits per heavy atom. The van der Waals surface area contributed by atoms with Gasteiger partial charge in [0, 0.05) is 12.7 Å². The molecule has 0 radical (unpaired) electrons. The monoisotopic (exact) mass is 651 g/mol. The SMILES string of the molecule is COCO[C@@H](CC(=O)O[C@H](C)[C@H](NC(=O)c1ccc(OC)cc1)C(=O)O)[C@H](Cc1ccc(OCc2ccccc2)cc1)NC(=O)CN. The molecule has 3 rings (SSSR count). The summed E-state index contributed by atoms with van der Waals surface area (Å²) in [5.41, 5.74) is 7.58. The second-order valence-electron chi connectivity index (χ2n) is 10.5. The highest BCUT2D eigenvalue weighted by atomic mass is 16.7. The number of methoxy groups -OCH3 is 2. The Kier molecular flexibility index (Phi) is 14.6. The minimum atomic E-state index is -1.55. The molecule has 0 aliphatic rings. The van der Waals surface area contributed by atoms with E-state index in [2.05, 4.69) is 10.6 Å². The number of aliphatic carboxylic acids is 1. The molecule has 0 spiro atoms. The molecule has 2 amide bonds. The number of amides is 2. The zero-order valence-electron chi connectivity index (χ0n) is 26.5. The van der Waals surface area contributed by atoms with E-state index in [1.54, 1.807) is 24.3 Å². The molecule has 0 saturated heterocycles. The van der Waals surface area contributed by atoms with Crippen LogP contribution in [0, 0.1) is 0 Å². The molecule has 0 heterocycles. The van der Waals surface area contributed by atoms with E-state index in [4.69, 9.17) is 29.4 Å². The van der Waals surface area contributed by atoms with Gasteiger partial charge in [0.2, 0.25) is 5.91 Å². The van der Waals surface area contributed by atoms with Crippen molar-refractivity contribution in [3.05, 3.63) is 95.6 Å². The third-order valence-electron chi connectivity index (χ3n) is 7.07. The highest BCUT2D eigenvalue weighted by molar-refractivity contribution is 5.96. The van der Waals surface area contributed by atoms with Gasteiger partial charge in [-0.1, -0.05) is 42.5 Å². The van der Waals surface area contributed by atoms with Crippen LogP contribution in [-0.4, -0.2) is 80.7 Å². The summed E-state index contributed by atoms with van der Waals surface area (Å²) in [5, 5.41) is 15.0. The minimum absolute atomic E-state index is 0.192. The lowest BCUT2D eigenvalue weighted by Crippen LogP contribution is -2.51. The van der Waals surface area contributed by atoms with Gasteiger partial charge in [-0.15, -0.1) is 0 Å². The van der Waals surface area contributed by atoms with Crippen molar-refractivity contribution in [2.24, 2.45) is 5.73 Å². The number of esters is 1. The van der Waals surface area contributed by atoms with E-state index in [1.807, 2.05) is 42.5 Å². The molecule has 4 atom stereocenters. The average molecular weight is 652 g/mol. The first-order valence-corrected chi connectivity index (χ1v) is 14.9. The number of carboxylic acid groups (broad SMARTS) is 1. The lowest BCUT2D eigenvalue weighted by atomic mass is 9.98. The summed E-state index contributed by atoms with van der Waals surface area (Å²) < 4.78 is 27.2. The van der Waals surface area contributed by atoms with Gasteiger partial charge in [-0.3, -0.25) is 14.4 Å². The molecule has 0 aliphatic carbocycles. The van der Waals surface area contributed by atoms with Crippen LogP contribution in [0.1, 0.15) is 34.8 Å². The predicted octanol–water partition coefficient (Wildman–Crippen LogP) is 2.45. The molecule has 0 bridgehead atoms. The van der Waals surface area contributed by atoms with Gasteiger partial charge in [-0.25, -0.2) is 4.79 Å². The third-order valence-corrected chi connectivity index (χ3v) is 7.07. The van der Waals surface area contributed by atoms with Crippen LogP contribution in [0.2, 0.25) is 0 Å².